The predicted octanol–water partition coefficient (Wildman–Crippen LogP) is 2.15. The van der Waals surface area contributed by atoms with Crippen molar-refractivity contribution in [3.8, 4) is 0 Å². The number of hydrogen-bond donors (Lipinski definition) is 3. The Labute approximate surface area is 141 Å². The first-order valence-corrected chi connectivity index (χ1v) is 8.30. The van der Waals surface area contributed by atoms with Crippen LogP contribution in [-0.4, -0.2) is 56.1 Å². The molecule has 5 nitrogen and oxygen atoms in total. The Balaban J connectivity index is 2.97. The van der Waals surface area contributed by atoms with E-state index in [0.717, 1.165) is 0 Å². The number of carbonyl (C=O) groups is 1. The van der Waals surface area contributed by atoms with Gasteiger partial charge in [-0.3, -0.25) is 4.79 Å². The fraction of sp³-hybridized carbons (Fsp3) is 0.875. The molecule has 0 bridgehead atoms. The lowest BCUT2D eigenvalue weighted by atomic mass is 9.77. The molecule has 0 spiro atoms. The first kappa shape index (κ1) is 21.1. The molecule has 8 heteroatoms. The molecule has 24 heavy (non-hydrogen) atoms. The average molecular weight is 351 g/mol. The normalized spacial score (nSPS) is 27.5. The zero-order chi connectivity index (χ0) is 18.5. The minimum Gasteiger partial charge on any atom is -0.380 e. The SMILES string of the molecule is CCOCC1NC(C(F)(F)F)CCC1C(=O)C(C(C)=N)C(C)NC. The van der Waals surface area contributed by atoms with E-state index >= 15 is 0 Å². The highest BCUT2D eigenvalue weighted by Crippen LogP contribution is 2.32. The van der Waals surface area contributed by atoms with E-state index in [4.69, 9.17) is 10.1 Å². The Bertz CT molecular complexity index is 443. The molecule has 1 saturated heterocycles. The van der Waals surface area contributed by atoms with Gasteiger partial charge in [-0.1, -0.05) is 0 Å². The van der Waals surface area contributed by atoms with Crippen LogP contribution >= 0.6 is 0 Å². The maximum absolute atomic E-state index is 13.0. The number of halogens is 3. The molecular weight excluding hydrogens is 323 g/mol. The van der Waals surface area contributed by atoms with Crippen LogP contribution in [0.3, 0.4) is 0 Å². The van der Waals surface area contributed by atoms with Gasteiger partial charge < -0.3 is 20.8 Å². The first-order chi connectivity index (χ1) is 11.1. The van der Waals surface area contributed by atoms with Crippen molar-refractivity contribution in [2.24, 2.45) is 11.8 Å². The Morgan fingerprint density at radius 2 is 2.04 bits per heavy atom. The highest BCUT2D eigenvalue weighted by molar-refractivity contribution is 6.04. The van der Waals surface area contributed by atoms with Gasteiger partial charge in [-0.2, -0.15) is 13.2 Å². The molecule has 1 fully saturated rings. The molecule has 0 aliphatic carbocycles. The molecule has 0 aromatic rings. The summed E-state index contributed by atoms with van der Waals surface area (Å²) < 4.78 is 44.3. The van der Waals surface area contributed by atoms with Crippen LogP contribution in [0.5, 0.6) is 0 Å². The van der Waals surface area contributed by atoms with E-state index in [-0.39, 0.29) is 37.0 Å². The number of ether oxygens (including phenoxy) is 1. The second-order valence-corrected chi connectivity index (χ2v) is 6.35. The van der Waals surface area contributed by atoms with Crippen LogP contribution in [-0.2, 0) is 9.53 Å². The third kappa shape index (κ3) is 5.26. The lowest BCUT2D eigenvalue weighted by Crippen LogP contribution is -2.58. The Morgan fingerprint density at radius 3 is 2.50 bits per heavy atom. The van der Waals surface area contributed by atoms with Crippen LogP contribution in [0.25, 0.3) is 0 Å². The van der Waals surface area contributed by atoms with Crippen molar-refractivity contribution in [1.82, 2.24) is 10.6 Å². The smallest absolute Gasteiger partial charge is 0.380 e. The second-order valence-electron chi connectivity index (χ2n) is 6.35. The first-order valence-electron chi connectivity index (χ1n) is 8.30. The lowest BCUT2D eigenvalue weighted by Gasteiger charge is -2.39. The molecular formula is C16H28F3N3O2. The quantitative estimate of drug-likeness (QED) is 0.586. The van der Waals surface area contributed by atoms with Crippen molar-refractivity contribution in [1.29, 1.82) is 5.41 Å². The van der Waals surface area contributed by atoms with Crippen molar-refractivity contribution in [2.75, 3.05) is 20.3 Å². The van der Waals surface area contributed by atoms with Gasteiger partial charge in [0.15, 0.2) is 0 Å². The number of rotatable bonds is 8. The lowest BCUT2D eigenvalue weighted by molar-refractivity contribution is -0.169. The number of ketones is 1. The van der Waals surface area contributed by atoms with Crippen LogP contribution in [0, 0.1) is 17.2 Å². The summed E-state index contributed by atoms with van der Waals surface area (Å²) in [5.41, 5.74) is 0.218. The molecule has 1 aliphatic heterocycles. The second kappa shape index (κ2) is 8.92. The summed E-state index contributed by atoms with van der Waals surface area (Å²) in [6, 6.07) is -2.56. The summed E-state index contributed by atoms with van der Waals surface area (Å²) in [6.07, 6.45) is -4.33. The molecule has 0 aromatic heterocycles. The fourth-order valence-electron chi connectivity index (χ4n) is 3.25. The summed E-state index contributed by atoms with van der Waals surface area (Å²) in [7, 11) is 1.70. The number of nitrogens with one attached hydrogen (secondary N) is 3. The molecule has 1 aliphatic rings. The third-order valence-corrected chi connectivity index (χ3v) is 4.66. The fourth-order valence-corrected chi connectivity index (χ4v) is 3.25. The van der Waals surface area contributed by atoms with E-state index in [0.29, 0.717) is 6.61 Å². The van der Waals surface area contributed by atoms with Crippen molar-refractivity contribution in [3.63, 3.8) is 0 Å². The molecule has 3 N–H and O–H groups in total. The minimum atomic E-state index is -4.34. The number of piperidine rings is 1. The summed E-state index contributed by atoms with van der Waals surface area (Å²) >= 11 is 0. The molecule has 0 radical (unpaired) electrons. The van der Waals surface area contributed by atoms with Gasteiger partial charge in [-0.15, -0.1) is 0 Å². The van der Waals surface area contributed by atoms with Crippen molar-refractivity contribution >= 4 is 11.5 Å². The van der Waals surface area contributed by atoms with Gasteiger partial charge in [-0.25, -0.2) is 0 Å². The predicted molar refractivity (Wildman–Crippen MR) is 86.4 cm³/mol. The van der Waals surface area contributed by atoms with Crippen molar-refractivity contribution < 1.29 is 22.7 Å². The van der Waals surface area contributed by atoms with Crippen molar-refractivity contribution in [3.05, 3.63) is 0 Å². The zero-order valence-electron chi connectivity index (χ0n) is 14.7. The van der Waals surface area contributed by atoms with E-state index in [1.54, 1.807) is 27.8 Å². The monoisotopic (exact) mass is 351 g/mol. The van der Waals surface area contributed by atoms with Gasteiger partial charge >= 0.3 is 6.18 Å². The average Bonchev–Trinajstić information content (AvgIpc) is 2.51. The van der Waals surface area contributed by atoms with Crippen LogP contribution in [0.4, 0.5) is 13.2 Å². The standard InChI is InChI=1S/C16H28F3N3O2/c1-5-24-8-12-11(6-7-13(22-12)16(17,18)19)15(23)14(9(2)20)10(3)21-4/h10-14,20-22H,5-8H2,1-4H3. The van der Waals surface area contributed by atoms with Gasteiger partial charge in [0.25, 0.3) is 0 Å². The Hall–Kier alpha value is -0.990. The molecule has 1 rings (SSSR count). The van der Waals surface area contributed by atoms with E-state index in [1.807, 2.05) is 0 Å². The largest absolute Gasteiger partial charge is 0.403 e. The summed E-state index contributed by atoms with van der Waals surface area (Å²) in [5.74, 6) is -1.42. The molecule has 0 aromatic carbocycles. The Morgan fingerprint density at radius 1 is 1.42 bits per heavy atom. The zero-order valence-corrected chi connectivity index (χ0v) is 14.7. The van der Waals surface area contributed by atoms with Crippen LogP contribution in [0.1, 0.15) is 33.6 Å². The summed E-state index contributed by atoms with van der Waals surface area (Å²) in [4.78, 5) is 12.9. The van der Waals surface area contributed by atoms with E-state index in [1.165, 1.54) is 0 Å². The number of alkyl halides is 3. The third-order valence-electron chi connectivity index (χ3n) is 4.66. The molecule has 5 unspecified atom stereocenters. The molecule has 140 valence electrons. The van der Waals surface area contributed by atoms with E-state index in [9.17, 15) is 18.0 Å². The molecule has 0 amide bonds. The summed E-state index contributed by atoms with van der Waals surface area (Å²) in [5, 5.41) is 13.4. The van der Waals surface area contributed by atoms with Crippen molar-refractivity contribution in [2.45, 2.75) is 57.9 Å². The van der Waals surface area contributed by atoms with Crippen LogP contribution in [0.2, 0.25) is 0 Å². The minimum absolute atomic E-state index is 0.0528. The highest BCUT2D eigenvalue weighted by atomic mass is 19.4. The molecule has 1 heterocycles. The van der Waals surface area contributed by atoms with Gasteiger partial charge in [0.05, 0.1) is 12.5 Å². The van der Waals surface area contributed by atoms with E-state index < -0.39 is 30.1 Å². The molecule has 0 saturated carbocycles. The van der Waals surface area contributed by atoms with Crippen LogP contribution in [0.15, 0.2) is 0 Å². The van der Waals surface area contributed by atoms with Gasteiger partial charge in [0, 0.05) is 30.3 Å². The number of Topliss-reactive ketones (excluding diaryl/α,β-unsaturated/α-hetero) is 1. The summed E-state index contributed by atoms with van der Waals surface area (Å²) in [6.45, 7) is 5.54. The number of carbonyl (C=O) groups excluding carboxylic acids is 1. The van der Waals surface area contributed by atoms with Crippen LogP contribution < -0.4 is 10.6 Å². The maximum Gasteiger partial charge on any atom is 0.403 e. The van der Waals surface area contributed by atoms with Gasteiger partial charge in [0.1, 0.15) is 11.8 Å². The Kier molecular flexibility index (Phi) is 7.82. The maximum atomic E-state index is 13.0. The topological polar surface area (TPSA) is 74.2 Å². The van der Waals surface area contributed by atoms with Gasteiger partial charge in [-0.05, 0) is 40.7 Å². The molecule has 5 atom stereocenters. The highest BCUT2D eigenvalue weighted by Gasteiger charge is 2.47. The van der Waals surface area contributed by atoms with E-state index in [2.05, 4.69) is 10.6 Å². The van der Waals surface area contributed by atoms with Gasteiger partial charge in [0.2, 0.25) is 0 Å². The number of hydrogen-bond acceptors (Lipinski definition) is 5.